The molecule has 0 radical (unpaired) electrons. The first-order valence-corrected chi connectivity index (χ1v) is 9.93. The maximum atomic E-state index is 13.7. The highest BCUT2D eigenvalue weighted by Crippen LogP contribution is 2.31. The molecule has 0 saturated carbocycles. The van der Waals surface area contributed by atoms with E-state index in [4.69, 9.17) is 4.99 Å². The van der Waals surface area contributed by atoms with Gasteiger partial charge in [0.15, 0.2) is 0 Å². The highest BCUT2D eigenvalue weighted by molar-refractivity contribution is 5.99. The van der Waals surface area contributed by atoms with E-state index in [0.717, 1.165) is 56.0 Å². The first kappa shape index (κ1) is 18.0. The summed E-state index contributed by atoms with van der Waals surface area (Å²) in [7, 11) is 0. The lowest BCUT2D eigenvalue weighted by molar-refractivity contribution is 0.561. The fourth-order valence-electron chi connectivity index (χ4n) is 3.79. The van der Waals surface area contributed by atoms with Crippen molar-refractivity contribution in [2.24, 2.45) is 4.99 Å². The smallest absolute Gasteiger partial charge is 0.139 e. The standard InChI is InChI=1S/C22H27FN4/c1-2-3-4-21-20(15-27-14-17(23)7-10-22(27)26-21)16-5-8-18(9-6-16)25-19-11-12-24-13-19/h5-10,14,19,24-25H,2-4,11-13,15H2,1H3/t19-/m1/s1. The summed E-state index contributed by atoms with van der Waals surface area (Å²) in [5, 5.41) is 6.96. The van der Waals surface area contributed by atoms with E-state index >= 15 is 0 Å². The molecule has 2 N–H and O–H groups in total. The third-order valence-corrected chi connectivity index (χ3v) is 5.32. The summed E-state index contributed by atoms with van der Waals surface area (Å²) in [6.45, 7) is 4.96. The Morgan fingerprint density at radius 3 is 2.85 bits per heavy atom. The second-order valence-corrected chi connectivity index (χ2v) is 7.39. The molecule has 1 aromatic rings. The van der Waals surface area contributed by atoms with E-state index in [1.54, 1.807) is 12.3 Å². The highest BCUT2D eigenvalue weighted by Gasteiger charge is 2.23. The van der Waals surface area contributed by atoms with E-state index in [9.17, 15) is 4.39 Å². The molecule has 3 aliphatic heterocycles. The van der Waals surface area contributed by atoms with Gasteiger partial charge >= 0.3 is 0 Å². The van der Waals surface area contributed by atoms with Crippen molar-refractivity contribution in [3.8, 4) is 0 Å². The van der Waals surface area contributed by atoms with Crippen molar-refractivity contribution in [3.05, 3.63) is 59.7 Å². The number of anilines is 1. The van der Waals surface area contributed by atoms with E-state index in [0.29, 0.717) is 12.6 Å². The molecule has 0 spiro atoms. The summed E-state index contributed by atoms with van der Waals surface area (Å²) < 4.78 is 13.7. The van der Waals surface area contributed by atoms with Crippen LogP contribution >= 0.6 is 0 Å². The molecule has 0 amide bonds. The maximum absolute atomic E-state index is 13.7. The number of benzene rings is 1. The number of rotatable bonds is 6. The third kappa shape index (κ3) is 4.14. The number of hydrogen-bond donors (Lipinski definition) is 2. The summed E-state index contributed by atoms with van der Waals surface area (Å²) in [5.41, 5.74) is 4.64. The lowest BCUT2D eigenvalue weighted by Gasteiger charge is -2.30. The van der Waals surface area contributed by atoms with Crippen molar-refractivity contribution in [3.63, 3.8) is 0 Å². The Morgan fingerprint density at radius 1 is 1.26 bits per heavy atom. The molecule has 0 aromatic heterocycles. The van der Waals surface area contributed by atoms with Crippen LogP contribution < -0.4 is 10.6 Å². The van der Waals surface area contributed by atoms with Crippen LogP contribution in [0.1, 0.15) is 38.2 Å². The van der Waals surface area contributed by atoms with Crippen LogP contribution in [0.25, 0.3) is 5.57 Å². The van der Waals surface area contributed by atoms with Gasteiger partial charge in [0.05, 0.1) is 6.54 Å². The monoisotopic (exact) mass is 366 g/mol. The van der Waals surface area contributed by atoms with Crippen molar-refractivity contribution >= 4 is 17.1 Å². The zero-order valence-corrected chi connectivity index (χ0v) is 15.8. The molecular weight excluding hydrogens is 339 g/mol. The molecule has 3 aliphatic rings. The topological polar surface area (TPSA) is 39.7 Å². The molecule has 4 rings (SSSR count). The van der Waals surface area contributed by atoms with Gasteiger partial charge in [-0.25, -0.2) is 9.38 Å². The quantitative estimate of drug-likeness (QED) is 0.781. The lowest BCUT2D eigenvalue weighted by atomic mass is 9.98. The highest BCUT2D eigenvalue weighted by atomic mass is 19.1. The molecule has 1 atom stereocenters. The van der Waals surface area contributed by atoms with Gasteiger partial charge in [0.25, 0.3) is 0 Å². The van der Waals surface area contributed by atoms with E-state index in [-0.39, 0.29) is 5.83 Å². The number of hydrogen-bond acceptors (Lipinski definition) is 4. The van der Waals surface area contributed by atoms with E-state index < -0.39 is 0 Å². The Kier molecular flexibility index (Phi) is 5.39. The number of allylic oxidation sites excluding steroid dienone is 3. The molecule has 0 bridgehead atoms. The number of aliphatic imine (C=N–C) groups is 1. The molecule has 1 saturated heterocycles. The minimum atomic E-state index is -0.227. The number of fused-ring (bicyclic) bond motifs is 1. The molecule has 1 fully saturated rings. The van der Waals surface area contributed by atoms with Crippen LogP contribution in [-0.4, -0.2) is 36.4 Å². The van der Waals surface area contributed by atoms with Crippen LogP contribution in [0.5, 0.6) is 0 Å². The summed E-state index contributed by atoms with van der Waals surface area (Å²) in [4.78, 5) is 6.74. The first-order valence-electron chi connectivity index (χ1n) is 9.93. The SMILES string of the molecule is CCCCC1=C(c2ccc(N[C@@H]3CCNC3)cc2)CN2C=C(F)C=CC2=N1. The Balaban J connectivity index is 1.59. The Hall–Kier alpha value is -2.40. The molecular formula is C22H27FN4. The van der Waals surface area contributed by atoms with E-state index in [1.807, 2.05) is 4.90 Å². The third-order valence-electron chi connectivity index (χ3n) is 5.32. The van der Waals surface area contributed by atoms with Gasteiger partial charge in [0.1, 0.15) is 11.7 Å². The van der Waals surface area contributed by atoms with E-state index in [2.05, 4.69) is 41.8 Å². The summed E-state index contributed by atoms with van der Waals surface area (Å²) >= 11 is 0. The second-order valence-electron chi connectivity index (χ2n) is 7.39. The number of amidine groups is 1. The van der Waals surface area contributed by atoms with Gasteiger partial charge in [-0.15, -0.1) is 0 Å². The Labute approximate surface area is 160 Å². The fourth-order valence-corrected chi connectivity index (χ4v) is 3.79. The van der Waals surface area contributed by atoms with Gasteiger partial charge in [-0.05, 0) is 55.7 Å². The molecule has 5 heteroatoms. The predicted octanol–water partition coefficient (Wildman–Crippen LogP) is 4.46. The number of halogens is 1. The Bertz CT molecular complexity index is 798. The largest absolute Gasteiger partial charge is 0.381 e. The molecule has 0 aliphatic carbocycles. The molecule has 1 aromatic carbocycles. The second kappa shape index (κ2) is 8.09. The van der Waals surface area contributed by atoms with Crippen molar-refractivity contribution in [1.82, 2.24) is 10.2 Å². The zero-order chi connectivity index (χ0) is 18.6. The molecule has 3 heterocycles. The van der Waals surface area contributed by atoms with Gasteiger partial charge in [0, 0.05) is 35.7 Å². The number of nitrogens with one attached hydrogen (secondary N) is 2. The molecule has 4 nitrogen and oxygen atoms in total. The molecule has 27 heavy (non-hydrogen) atoms. The van der Waals surface area contributed by atoms with Crippen molar-refractivity contribution in [2.45, 2.75) is 38.6 Å². The first-order chi connectivity index (χ1) is 13.2. The van der Waals surface area contributed by atoms with Gasteiger partial charge in [-0.3, -0.25) is 0 Å². The van der Waals surface area contributed by atoms with Crippen LogP contribution in [0.2, 0.25) is 0 Å². The van der Waals surface area contributed by atoms with Crippen molar-refractivity contribution in [2.75, 3.05) is 25.0 Å². The average Bonchev–Trinajstić information content (AvgIpc) is 3.19. The number of nitrogens with zero attached hydrogens (tertiary/aromatic N) is 2. The van der Waals surface area contributed by atoms with Gasteiger partial charge in [-0.2, -0.15) is 0 Å². The number of unbranched alkanes of at least 4 members (excludes halogenated alkanes) is 1. The van der Waals surface area contributed by atoms with E-state index in [1.165, 1.54) is 17.2 Å². The normalized spacial score (nSPS) is 21.9. The predicted molar refractivity (Wildman–Crippen MR) is 110 cm³/mol. The van der Waals surface area contributed by atoms with Gasteiger partial charge < -0.3 is 15.5 Å². The van der Waals surface area contributed by atoms with Crippen molar-refractivity contribution in [1.29, 1.82) is 0 Å². The van der Waals surface area contributed by atoms with Crippen LogP contribution in [0, 0.1) is 0 Å². The maximum Gasteiger partial charge on any atom is 0.139 e. The van der Waals surface area contributed by atoms with Gasteiger partial charge in [0.2, 0.25) is 0 Å². The lowest BCUT2D eigenvalue weighted by Crippen LogP contribution is -2.31. The van der Waals surface area contributed by atoms with Gasteiger partial charge in [-0.1, -0.05) is 25.5 Å². The van der Waals surface area contributed by atoms with Crippen molar-refractivity contribution < 1.29 is 4.39 Å². The summed E-state index contributed by atoms with van der Waals surface area (Å²) in [6, 6.07) is 9.11. The van der Waals surface area contributed by atoms with Crippen LogP contribution in [0.15, 0.2) is 59.1 Å². The summed E-state index contributed by atoms with van der Waals surface area (Å²) in [6.07, 6.45) is 9.14. The summed E-state index contributed by atoms with van der Waals surface area (Å²) in [5.74, 6) is 0.605. The average molecular weight is 366 g/mol. The minimum Gasteiger partial charge on any atom is -0.381 e. The van der Waals surface area contributed by atoms with Crippen LogP contribution in [0.3, 0.4) is 0 Å². The van der Waals surface area contributed by atoms with Crippen LogP contribution in [0.4, 0.5) is 10.1 Å². The molecule has 0 unspecified atom stereocenters. The fraction of sp³-hybridized carbons (Fsp3) is 0.409. The van der Waals surface area contributed by atoms with Crippen LogP contribution in [-0.2, 0) is 0 Å². The minimum absolute atomic E-state index is 0.227. The molecule has 142 valence electrons. The zero-order valence-electron chi connectivity index (χ0n) is 15.8. The Morgan fingerprint density at radius 2 is 2.11 bits per heavy atom.